The Morgan fingerprint density at radius 2 is 1.76 bits per heavy atom. The number of carbonyl (C=O) groups excluding carboxylic acids is 2. The van der Waals surface area contributed by atoms with Gasteiger partial charge in [0.2, 0.25) is 18.2 Å². The molecule has 0 saturated carbocycles. The molecule has 1 fully saturated rings. The van der Waals surface area contributed by atoms with Gasteiger partial charge in [0.15, 0.2) is 0 Å². The number of nitrogens with zero attached hydrogens (tertiary/aromatic N) is 3. The monoisotopic (exact) mass is 391 g/mol. The third-order valence-electron chi connectivity index (χ3n) is 4.86. The largest absolute Gasteiger partial charge is 0.423 e. The van der Waals surface area contributed by atoms with Crippen LogP contribution in [0.25, 0.3) is 11.5 Å². The van der Waals surface area contributed by atoms with E-state index in [0.29, 0.717) is 24.7 Å². The van der Waals surface area contributed by atoms with Crippen LogP contribution in [0, 0.1) is 5.92 Å². The fraction of sp³-hybridized carbons (Fsp3) is 0.238. The molecule has 0 radical (unpaired) electrons. The maximum absolute atomic E-state index is 12.7. The molecule has 1 aliphatic heterocycles. The van der Waals surface area contributed by atoms with E-state index < -0.39 is 0 Å². The maximum Gasteiger partial charge on any atom is 0.321 e. The predicted molar refractivity (Wildman–Crippen MR) is 108 cm³/mol. The molecule has 2 N–H and O–H groups in total. The summed E-state index contributed by atoms with van der Waals surface area (Å²) in [6.45, 7) is 1.03. The van der Waals surface area contributed by atoms with E-state index in [9.17, 15) is 9.59 Å². The lowest BCUT2D eigenvalue weighted by atomic mass is 9.97. The Labute approximate surface area is 167 Å². The Morgan fingerprint density at radius 3 is 2.48 bits per heavy atom. The number of amides is 3. The van der Waals surface area contributed by atoms with Gasteiger partial charge in [0.1, 0.15) is 0 Å². The van der Waals surface area contributed by atoms with Crippen LogP contribution in [-0.4, -0.2) is 40.1 Å². The number of urea groups is 1. The van der Waals surface area contributed by atoms with Crippen LogP contribution in [0.4, 0.5) is 16.2 Å². The Kier molecular flexibility index (Phi) is 5.51. The standard InChI is InChI=1S/C21H21N5O3/c27-19(23-18-10-8-15(9-11-18)20-25-22-14-29-20)16-5-4-12-26(13-16)21(28)24-17-6-2-1-3-7-17/h1-3,6-11,14,16H,4-5,12-13H2,(H,23,27)(H,24,28). The minimum atomic E-state index is -0.249. The summed E-state index contributed by atoms with van der Waals surface area (Å²) in [4.78, 5) is 26.9. The van der Waals surface area contributed by atoms with Crippen molar-refractivity contribution >= 4 is 23.3 Å². The Hall–Kier alpha value is -3.68. The molecule has 8 nitrogen and oxygen atoms in total. The summed E-state index contributed by atoms with van der Waals surface area (Å²) in [6, 6.07) is 16.3. The van der Waals surface area contributed by atoms with Crippen molar-refractivity contribution in [1.29, 1.82) is 0 Å². The average Bonchev–Trinajstić information content (AvgIpc) is 3.30. The van der Waals surface area contributed by atoms with E-state index >= 15 is 0 Å². The third kappa shape index (κ3) is 4.60. The van der Waals surface area contributed by atoms with Crippen molar-refractivity contribution < 1.29 is 14.0 Å². The Morgan fingerprint density at radius 1 is 1.00 bits per heavy atom. The van der Waals surface area contributed by atoms with E-state index in [-0.39, 0.29) is 17.9 Å². The van der Waals surface area contributed by atoms with E-state index in [1.807, 2.05) is 42.5 Å². The lowest BCUT2D eigenvalue weighted by Gasteiger charge is -2.32. The summed E-state index contributed by atoms with van der Waals surface area (Å²) in [6.07, 6.45) is 2.81. The van der Waals surface area contributed by atoms with Crippen LogP contribution in [0.15, 0.2) is 65.4 Å². The van der Waals surface area contributed by atoms with Crippen molar-refractivity contribution in [2.75, 3.05) is 23.7 Å². The number of nitrogens with one attached hydrogen (secondary N) is 2. The second-order valence-corrected chi connectivity index (χ2v) is 6.89. The fourth-order valence-electron chi connectivity index (χ4n) is 3.34. The van der Waals surface area contributed by atoms with Crippen molar-refractivity contribution in [2.45, 2.75) is 12.8 Å². The van der Waals surface area contributed by atoms with E-state index in [0.717, 1.165) is 24.1 Å². The molecule has 8 heteroatoms. The predicted octanol–water partition coefficient (Wildman–Crippen LogP) is 3.62. The first-order valence-corrected chi connectivity index (χ1v) is 9.47. The molecular weight excluding hydrogens is 370 g/mol. The van der Waals surface area contributed by atoms with Crippen LogP contribution in [0.3, 0.4) is 0 Å². The van der Waals surface area contributed by atoms with Gasteiger partial charge in [-0.2, -0.15) is 0 Å². The van der Waals surface area contributed by atoms with Crippen LogP contribution in [-0.2, 0) is 4.79 Å². The highest BCUT2D eigenvalue weighted by molar-refractivity contribution is 5.94. The van der Waals surface area contributed by atoms with Gasteiger partial charge in [-0.25, -0.2) is 4.79 Å². The van der Waals surface area contributed by atoms with Gasteiger partial charge >= 0.3 is 6.03 Å². The van der Waals surface area contributed by atoms with Gasteiger partial charge in [-0.15, -0.1) is 10.2 Å². The summed E-state index contributed by atoms with van der Waals surface area (Å²) in [5.74, 6) is 0.0869. The quantitative estimate of drug-likeness (QED) is 0.707. The molecule has 1 aliphatic rings. The van der Waals surface area contributed by atoms with Gasteiger partial charge in [-0.1, -0.05) is 18.2 Å². The number of carbonyl (C=O) groups is 2. The maximum atomic E-state index is 12.7. The lowest BCUT2D eigenvalue weighted by molar-refractivity contribution is -0.121. The number of piperidine rings is 1. The number of aromatic nitrogens is 2. The molecule has 1 saturated heterocycles. The zero-order chi connectivity index (χ0) is 20.1. The third-order valence-corrected chi connectivity index (χ3v) is 4.86. The first kappa shape index (κ1) is 18.7. The minimum absolute atomic E-state index is 0.0900. The van der Waals surface area contributed by atoms with Gasteiger partial charge in [-0.3, -0.25) is 4.79 Å². The SMILES string of the molecule is O=C(Nc1ccc(-c2nnco2)cc1)C1CCCN(C(=O)Nc2ccccc2)C1. The molecule has 0 spiro atoms. The summed E-state index contributed by atoms with van der Waals surface area (Å²) < 4.78 is 5.16. The summed E-state index contributed by atoms with van der Waals surface area (Å²) in [5, 5.41) is 13.3. The molecule has 1 unspecified atom stereocenters. The van der Waals surface area contributed by atoms with Crippen LogP contribution in [0.2, 0.25) is 0 Å². The molecule has 0 bridgehead atoms. The zero-order valence-corrected chi connectivity index (χ0v) is 15.7. The van der Waals surface area contributed by atoms with Crippen molar-refractivity contribution in [2.24, 2.45) is 5.92 Å². The van der Waals surface area contributed by atoms with Crippen LogP contribution in [0.1, 0.15) is 12.8 Å². The second kappa shape index (κ2) is 8.55. The normalized spacial score (nSPS) is 16.3. The van der Waals surface area contributed by atoms with E-state index in [1.54, 1.807) is 17.0 Å². The van der Waals surface area contributed by atoms with Crippen LogP contribution < -0.4 is 10.6 Å². The highest BCUT2D eigenvalue weighted by atomic mass is 16.4. The highest BCUT2D eigenvalue weighted by Gasteiger charge is 2.28. The van der Waals surface area contributed by atoms with Gasteiger partial charge < -0.3 is 20.0 Å². The molecule has 4 rings (SSSR count). The topological polar surface area (TPSA) is 100 Å². The number of likely N-dealkylation sites (tertiary alicyclic amines) is 1. The van der Waals surface area contributed by atoms with Crippen molar-refractivity contribution in [3.05, 3.63) is 61.0 Å². The molecule has 1 aromatic heterocycles. The molecule has 2 heterocycles. The molecule has 1 atom stereocenters. The Balaban J connectivity index is 1.34. The molecule has 0 aliphatic carbocycles. The van der Waals surface area contributed by atoms with Crippen molar-refractivity contribution in [1.82, 2.24) is 15.1 Å². The smallest absolute Gasteiger partial charge is 0.321 e. The second-order valence-electron chi connectivity index (χ2n) is 6.89. The number of hydrogen-bond donors (Lipinski definition) is 2. The van der Waals surface area contributed by atoms with Crippen molar-refractivity contribution in [3.8, 4) is 11.5 Å². The van der Waals surface area contributed by atoms with Gasteiger partial charge in [0, 0.05) is 30.0 Å². The van der Waals surface area contributed by atoms with E-state index in [2.05, 4.69) is 20.8 Å². The molecule has 2 aromatic carbocycles. The summed E-state index contributed by atoms with van der Waals surface area (Å²) in [7, 11) is 0. The van der Waals surface area contributed by atoms with Crippen LogP contribution >= 0.6 is 0 Å². The Bertz CT molecular complexity index is 958. The number of rotatable bonds is 4. The summed E-state index contributed by atoms with van der Waals surface area (Å²) >= 11 is 0. The van der Waals surface area contributed by atoms with Crippen LogP contribution in [0.5, 0.6) is 0 Å². The van der Waals surface area contributed by atoms with E-state index in [4.69, 9.17) is 4.42 Å². The minimum Gasteiger partial charge on any atom is -0.423 e. The number of para-hydroxylation sites is 1. The zero-order valence-electron chi connectivity index (χ0n) is 15.7. The number of anilines is 2. The number of benzene rings is 2. The highest BCUT2D eigenvalue weighted by Crippen LogP contribution is 2.22. The van der Waals surface area contributed by atoms with Gasteiger partial charge in [-0.05, 0) is 49.2 Å². The number of hydrogen-bond acceptors (Lipinski definition) is 5. The molecule has 3 aromatic rings. The summed E-state index contributed by atoms with van der Waals surface area (Å²) in [5.41, 5.74) is 2.21. The van der Waals surface area contributed by atoms with E-state index in [1.165, 1.54) is 6.39 Å². The van der Waals surface area contributed by atoms with Crippen molar-refractivity contribution in [3.63, 3.8) is 0 Å². The molecule has 3 amide bonds. The molecule has 29 heavy (non-hydrogen) atoms. The molecule has 148 valence electrons. The average molecular weight is 391 g/mol. The fourth-order valence-corrected chi connectivity index (χ4v) is 3.34. The van der Waals surface area contributed by atoms with Gasteiger partial charge in [0.05, 0.1) is 5.92 Å². The van der Waals surface area contributed by atoms with Gasteiger partial charge in [0.25, 0.3) is 0 Å². The lowest BCUT2D eigenvalue weighted by Crippen LogP contribution is -2.45. The first-order valence-electron chi connectivity index (χ1n) is 9.47. The molecular formula is C21H21N5O3. The first-order chi connectivity index (χ1) is 14.2.